The summed E-state index contributed by atoms with van der Waals surface area (Å²) < 4.78 is 5.44. The summed E-state index contributed by atoms with van der Waals surface area (Å²) >= 11 is 0. The minimum atomic E-state index is -0.723. The van der Waals surface area contributed by atoms with E-state index in [2.05, 4.69) is 0 Å². The molecule has 0 aromatic heterocycles. The van der Waals surface area contributed by atoms with E-state index in [-0.39, 0.29) is 17.9 Å². The van der Waals surface area contributed by atoms with Gasteiger partial charge in [0.2, 0.25) is 5.91 Å². The van der Waals surface area contributed by atoms with Crippen LogP contribution in [-0.4, -0.2) is 47.7 Å². The quantitative estimate of drug-likeness (QED) is 0.843. The highest BCUT2D eigenvalue weighted by molar-refractivity contribution is 5.80. The highest BCUT2D eigenvalue weighted by Crippen LogP contribution is 2.36. The fourth-order valence-electron chi connectivity index (χ4n) is 3.16. The maximum atomic E-state index is 12.4. The molecule has 5 heteroatoms. The van der Waals surface area contributed by atoms with Gasteiger partial charge >= 0.3 is 5.97 Å². The molecule has 108 valence electrons. The summed E-state index contributed by atoms with van der Waals surface area (Å²) in [6.07, 6.45) is 2.53. The van der Waals surface area contributed by atoms with Gasteiger partial charge in [0.25, 0.3) is 0 Å². The maximum Gasteiger partial charge on any atom is 0.309 e. The third kappa shape index (κ3) is 2.61. The largest absolute Gasteiger partial charge is 0.481 e. The third-order valence-electron chi connectivity index (χ3n) is 4.86. The number of nitrogens with zero attached hydrogens (tertiary/aromatic N) is 1. The first-order valence-electron chi connectivity index (χ1n) is 7.14. The van der Waals surface area contributed by atoms with Crippen molar-refractivity contribution in [2.24, 2.45) is 11.3 Å². The molecule has 2 aliphatic heterocycles. The molecule has 2 heterocycles. The fraction of sp³-hybridized carbons (Fsp3) is 0.857. The van der Waals surface area contributed by atoms with Crippen LogP contribution in [0.25, 0.3) is 0 Å². The summed E-state index contributed by atoms with van der Waals surface area (Å²) in [6, 6.07) is 0. The van der Waals surface area contributed by atoms with Gasteiger partial charge in [0.05, 0.1) is 17.4 Å². The van der Waals surface area contributed by atoms with Gasteiger partial charge in [-0.15, -0.1) is 0 Å². The normalized spacial score (nSPS) is 30.3. The maximum absolute atomic E-state index is 12.4. The van der Waals surface area contributed by atoms with Gasteiger partial charge in [0, 0.05) is 19.7 Å². The standard InChI is InChI=1S/C14H23NO4/c1-3-14(13(17)18)5-7-15(8-6-14)12(16)11-4-9-19-10(11)2/h10-11H,3-9H2,1-2H3,(H,17,18). The Balaban J connectivity index is 1.96. The molecule has 2 saturated heterocycles. The van der Waals surface area contributed by atoms with Crippen LogP contribution in [0.15, 0.2) is 0 Å². The fourth-order valence-corrected chi connectivity index (χ4v) is 3.16. The van der Waals surface area contributed by atoms with Crippen LogP contribution in [0, 0.1) is 11.3 Å². The Kier molecular flexibility index (Phi) is 4.13. The molecule has 2 rings (SSSR count). The number of carboxylic acid groups (broad SMARTS) is 1. The third-order valence-corrected chi connectivity index (χ3v) is 4.86. The van der Waals surface area contributed by atoms with E-state index in [0.717, 1.165) is 6.42 Å². The molecule has 19 heavy (non-hydrogen) atoms. The van der Waals surface area contributed by atoms with Crippen LogP contribution in [0.4, 0.5) is 0 Å². The SMILES string of the molecule is CCC1(C(=O)O)CCN(C(=O)C2CCOC2C)CC1. The number of hydrogen-bond acceptors (Lipinski definition) is 3. The van der Waals surface area contributed by atoms with Crippen LogP contribution in [0.2, 0.25) is 0 Å². The number of carboxylic acids is 1. The van der Waals surface area contributed by atoms with Crippen LogP contribution < -0.4 is 0 Å². The zero-order valence-electron chi connectivity index (χ0n) is 11.7. The van der Waals surface area contributed by atoms with Crippen molar-refractivity contribution in [2.75, 3.05) is 19.7 Å². The zero-order chi connectivity index (χ0) is 14.0. The summed E-state index contributed by atoms with van der Waals surface area (Å²) in [5, 5.41) is 9.34. The molecule has 0 radical (unpaired) electrons. The summed E-state index contributed by atoms with van der Waals surface area (Å²) in [6.45, 7) is 5.62. The first-order chi connectivity index (χ1) is 9.00. The van der Waals surface area contributed by atoms with Crippen LogP contribution in [0.3, 0.4) is 0 Å². The smallest absolute Gasteiger partial charge is 0.309 e. The molecule has 0 saturated carbocycles. The van der Waals surface area contributed by atoms with Crippen molar-refractivity contribution < 1.29 is 19.4 Å². The zero-order valence-corrected chi connectivity index (χ0v) is 11.7. The van der Waals surface area contributed by atoms with Crippen molar-refractivity contribution in [3.8, 4) is 0 Å². The Bertz CT molecular complexity index is 360. The van der Waals surface area contributed by atoms with Crippen molar-refractivity contribution in [1.82, 2.24) is 4.90 Å². The minimum absolute atomic E-state index is 0.00941. The molecule has 1 amide bonds. The van der Waals surface area contributed by atoms with E-state index in [9.17, 15) is 14.7 Å². The summed E-state index contributed by atoms with van der Waals surface area (Å²) in [7, 11) is 0. The van der Waals surface area contributed by atoms with E-state index < -0.39 is 11.4 Å². The number of carbonyl (C=O) groups is 2. The Hall–Kier alpha value is -1.10. The average molecular weight is 269 g/mol. The number of likely N-dealkylation sites (tertiary alicyclic amines) is 1. The van der Waals surface area contributed by atoms with Crippen molar-refractivity contribution in [3.63, 3.8) is 0 Å². The molecular weight excluding hydrogens is 246 g/mol. The molecule has 0 aromatic carbocycles. The predicted molar refractivity (Wildman–Crippen MR) is 69.7 cm³/mol. The number of hydrogen-bond donors (Lipinski definition) is 1. The lowest BCUT2D eigenvalue weighted by Gasteiger charge is -2.39. The number of amides is 1. The lowest BCUT2D eigenvalue weighted by atomic mass is 9.76. The van der Waals surface area contributed by atoms with Crippen LogP contribution >= 0.6 is 0 Å². The van der Waals surface area contributed by atoms with Crippen LogP contribution in [-0.2, 0) is 14.3 Å². The number of aliphatic carboxylic acids is 1. The number of ether oxygens (including phenoxy) is 1. The van der Waals surface area contributed by atoms with E-state index in [0.29, 0.717) is 39.0 Å². The van der Waals surface area contributed by atoms with E-state index in [1.165, 1.54) is 0 Å². The lowest BCUT2D eigenvalue weighted by Crippen LogP contribution is -2.48. The first kappa shape index (κ1) is 14.3. The second-order valence-corrected chi connectivity index (χ2v) is 5.74. The van der Waals surface area contributed by atoms with Gasteiger partial charge < -0.3 is 14.7 Å². The Morgan fingerprint density at radius 3 is 2.42 bits per heavy atom. The first-order valence-corrected chi connectivity index (χ1v) is 7.14. The van der Waals surface area contributed by atoms with Gasteiger partial charge in [0.1, 0.15) is 0 Å². The molecular formula is C14H23NO4. The molecule has 0 spiro atoms. The molecule has 0 aromatic rings. The molecule has 2 fully saturated rings. The second-order valence-electron chi connectivity index (χ2n) is 5.74. The van der Waals surface area contributed by atoms with Gasteiger partial charge in [-0.3, -0.25) is 9.59 Å². The molecule has 2 unspecified atom stereocenters. The Morgan fingerprint density at radius 1 is 1.37 bits per heavy atom. The number of carbonyl (C=O) groups excluding carboxylic acids is 1. The van der Waals surface area contributed by atoms with Gasteiger partial charge in [-0.1, -0.05) is 6.92 Å². The van der Waals surface area contributed by atoms with E-state index in [4.69, 9.17) is 4.74 Å². The molecule has 0 bridgehead atoms. The highest BCUT2D eigenvalue weighted by atomic mass is 16.5. The summed E-state index contributed by atoms with van der Waals surface area (Å²) in [4.78, 5) is 25.6. The topological polar surface area (TPSA) is 66.8 Å². The Morgan fingerprint density at radius 2 is 2.00 bits per heavy atom. The van der Waals surface area contributed by atoms with E-state index in [1.54, 1.807) is 0 Å². The minimum Gasteiger partial charge on any atom is -0.481 e. The van der Waals surface area contributed by atoms with Crippen molar-refractivity contribution in [3.05, 3.63) is 0 Å². The van der Waals surface area contributed by atoms with Crippen molar-refractivity contribution in [1.29, 1.82) is 0 Å². The monoisotopic (exact) mass is 269 g/mol. The Labute approximate surface area is 113 Å². The highest BCUT2D eigenvalue weighted by Gasteiger charge is 2.42. The average Bonchev–Trinajstić information content (AvgIpc) is 2.84. The molecule has 1 N–H and O–H groups in total. The van der Waals surface area contributed by atoms with Crippen LogP contribution in [0.1, 0.15) is 39.5 Å². The predicted octanol–water partition coefficient (Wildman–Crippen LogP) is 1.51. The van der Waals surface area contributed by atoms with Crippen molar-refractivity contribution >= 4 is 11.9 Å². The molecule has 0 aliphatic carbocycles. The number of rotatable bonds is 3. The number of piperidine rings is 1. The lowest BCUT2D eigenvalue weighted by molar-refractivity contribution is -0.155. The van der Waals surface area contributed by atoms with Gasteiger partial charge in [-0.25, -0.2) is 0 Å². The van der Waals surface area contributed by atoms with Crippen LogP contribution in [0.5, 0.6) is 0 Å². The molecule has 5 nitrogen and oxygen atoms in total. The van der Waals surface area contributed by atoms with Gasteiger partial charge in [-0.05, 0) is 32.6 Å². The van der Waals surface area contributed by atoms with Crippen molar-refractivity contribution in [2.45, 2.75) is 45.6 Å². The van der Waals surface area contributed by atoms with E-state index in [1.807, 2.05) is 18.7 Å². The second kappa shape index (κ2) is 5.49. The van der Waals surface area contributed by atoms with Gasteiger partial charge in [-0.2, -0.15) is 0 Å². The summed E-state index contributed by atoms with van der Waals surface area (Å²) in [5.41, 5.74) is -0.630. The van der Waals surface area contributed by atoms with Gasteiger partial charge in [0.15, 0.2) is 0 Å². The van der Waals surface area contributed by atoms with E-state index >= 15 is 0 Å². The molecule has 2 aliphatic rings. The summed E-state index contributed by atoms with van der Waals surface area (Å²) in [5.74, 6) is -0.626. The molecule has 2 atom stereocenters.